The molecule has 1 aromatic carbocycles. The lowest BCUT2D eigenvalue weighted by atomic mass is 10.2. The van der Waals surface area contributed by atoms with Crippen molar-refractivity contribution in [2.24, 2.45) is 4.99 Å². The molecule has 0 radical (unpaired) electrons. The van der Waals surface area contributed by atoms with Crippen molar-refractivity contribution in [1.29, 1.82) is 0 Å². The minimum atomic E-state index is 0.125. The molecule has 0 spiro atoms. The molecular weight excluding hydrogens is 234 g/mol. The van der Waals surface area contributed by atoms with E-state index in [-0.39, 0.29) is 6.67 Å². The van der Waals surface area contributed by atoms with E-state index in [1.807, 2.05) is 0 Å². The number of thiocarbonyl (C=S) groups is 1. The topological polar surface area (TPSA) is 44.5 Å². The first-order valence-electron chi connectivity index (χ1n) is 4.24. The van der Waals surface area contributed by atoms with Gasteiger partial charge in [-0.3, -0.25) is 0 Å². The van der Waals surface area contributed by atoms with Gasteiger partial charge < -0.3 is 5.32 Å². The lowest BCUT2D eigenvalue weighted by Gasteiger charge is -2.05. The number of hydrogen-bond acceptors (Lipinski definition) is 2. The van der Waals surface area contributed by atoms with Crippen molar-refractivity contribution < 1.29 is 4.76 Å². The molecule has 0 saturated heterocycles. The Bertz CT molecular complexity index is 455. The predicted molar refractivity (Wildman–Crippen MR) is 62.2 cm³/mol. The zero-order valence-electron chi connectivity index (χ0n) is 7.61. The summed E-state index contributed by atoms with van der Waals surface area (Å²) in [4.78, 5) is 15.4. The summed E-state index contributed by atoms with van der Waals surface area (Å²) < 4.78 is 0.749. The van der Waals surface area contributed by atoms with Gasteiger partial charge in [-0.05, 0) is 41.5 Å². The maximum Gasteiger partial charge on any atom is 0.373 e. The lowest BCUT2D eigenvalue weighted by Crippen LogP contribution is -2.38. The van der Waals surface area contributed by atoms with E-state index in [1.165, 1.54) is 0 Å². The minimum absolute atomic E-state index is 0.125. The summed E-state index contributed by atoms with van der Waals surface area (Å²) in [6.45, 7) is 0.125. The minimum Gasteiger partial charge on any atom is -0.300 e. The zero-order valence-corrected chi connectivity index (χ0v) is 9.18. The van der Waals surface area contributed by atoms with Crippen LogP contribution in [-0.4, -0.2) is 22.4 Å². The van der Waals surface area contributed by atoms with E-state index in [9.17, 15) is 4.91 Å². The molecule has 0 bridgehead atoms. The van der Waals surface area contributed by atoms with Gasteiger partial charge in [0.05, 0.1) is 5.56 Å². The number of halogens is 1. The van der Waals surface area contributed by atoms with Crippen LogP contribution in [0.25, 0.3) is 0 Å². The van der Waals surface area contributed by atoms with Crippen molar-refractivity contribution in [2.75, 3.05) is 6.67 Å². The zero-order chi connectivity index (χ0) is 10.8. The summed E-state index contributed by atoms with van der Waals surface area (Å²) in [6, 6.07) is 6.89. The fourth-order valence-corrected chi connectivity index (χ4v) is 1.49. The Morgan fingerprint density at radius 3 is 2.73 bits per heavy atom. The van der Waals surface area contributed by atoms with Gasteiger partial charge in [0, 0.05) is 9.78 Å². The number of nitrogens with one attached hydrogen (secondary N) is 1. The van der Waals surface area contributed by atoms with Crippen LogP contribution in [0, 0.1) is 4.91 Å². The van der Waals surface area contributed by atoms with E-state index in [2.05, 4.69) is 10.3 Å². The molecule has 1 aliphatic heterocycles. The number of benzene rings is 1. The highest BCUT2D eigenvalue weighted by Gasteiger charge is 2.27. The Labute approximate surface area is 96.5 Å². The van der Waals surface area contributed by atoms with Crippen LogP contribution in [0.2, 0.25) is 5.02 Å². The fraction of sp³-hybridized carbons (Fsp3) is 0.111. The monoisotopic (exact) mass is 240 g/mol. The fourth-order valence-electron chi connectivity index (χ4n) is 1.21. The Kier molecular flexibility index (Phi) is 2.75. The summed E-state index contributed by atoms with van der Waals surface area (Å²) in [5.74, 6) is 0.315. The molecule has 1 heterocycles. The molecule has 2 rings (SSSR count). The standard InChI is InChI=1S/C9H6ClN3OS/c10-7-3-1-6(2-4-7)8-12-9(15)11-5-13(8)14/h1-4H,5H2/p+1. The van der Waals surface area contributed by atoms with Crippen LogP contribution in [0.5, 0.6) is 0 Å². The molecule has 4 nitrogen and oxygen atoms in total. The maximum atomic E-state index is 11.5. The highest BCUT2D eigenvalue weighted by atomic mass is 35.5. The van der Waals surface area contributed by atoms with Crippen molar-refractivity contribution in [3.05, 3.63) is 39.8 Å². The van der Waals surface area contributed by atoms with Crippen molar-refractivity contribution in [3.63, 3.8) is 0 Å². The van der Waals surface area contributed by atoms with E-state index in [4.69, 9.17) is 23.8 Å². The molecule has 0 unspecified atom stereocenters. The number of hydrogen-bond donors (Lipinski definition) is 1. The summed E-state index contributed by atoms with van der Waals surface area (Å²) >= 11 is 10.6. The number of rotatable bonds is 1. The molecule has 1 N–H and O–H groups in total. The first-order chi connectivity index (χ1) is 7.16. The average Bonchev–Trinajstić information content (AvgIpc) is 2.23. The van der Waals surface area contributed by atoms with E-state index < -0.39 is 0 Å². The second-order valence-electron chi connectivity index (χ2n) is 2.96. The number of amidine groups is 1. The third-order valence-electron chi connectivity index (χ3n) is 1.92. The molecule has 0 atom stereocenters. The second-order valence-corrected chi connectivity index (χ2v) is 3.78. The SMILES string of the molecule is O=[N+]1CNC(=S)N=C1c1ccc(Cl)cc1. The lowest BCUT2D eigenvalue weighted by molar-refractivity contribution is -0.435. The van der Waals surface area contributed by atoms with Crippen molar-refractivity contribution in [2.45, 2.75) is 0 Å². The molecule has 0 saturated carbocycles. The van der Waals surface area contributed by atoms with Gasteiger partial charge in [-0.15, -0.1) is 0 Å². The van der Waals surface area contributed by atoms with Crippen LogP contribution in [0.1, 0.15) is 5.56 Å². The van der Waals surface area contributed by atoms with Crippen molar-refractivity contribution >= 4 is 34.8 Å². The Balaban J connectivity index is 2.41. The number of nitroso groups, excluding NO2 is 1. The first kappa shape index (κ1) is 10.2. The largest absolute Gasteiger partial charge is 0.373 e. The van der Waals surface area contributed by atoms with Gasteiger partial charge in [-0.1, -0.05) is 16.5 Å². The Morgan fingerprint density at radius 1 is 1.40 bits per heavy atom. The van der Waals surface area contributed by atoms with Crippen molar-refractivity contribution in [1.82, 2.24) is 5.32 Å². The molecule has 6 heteroatoms. The molecule has 0 aromatic heterocycles. The van der Waals surface area contributed by atoms with Crippen LogP contribution >= 0.6 is 23.8 Å². The summed E-state index contributed by atoms with van der Waals surface area (Å²) in [5, 5.41) is 3.62. The quantitative estimate of drug-likeness (QED) is 0.601. The van der Waals surface area contributed by atoms with E-state index in [1.54, 1.807) is 24.3 Å². The molecule has 0 aliphatic carbocycles. The Hall–Kier alpha value is -1.33. The van der Waals surface area contributed by atoms with Gasteiger partial charge in [-0.25, -0.2) is 0 Å². The third-order valence-corrected chi connectivity index (χ3v) is 2.41. The highest BCUT2D eigenvalue weighted by Crippen LogP contribution is 2.11. The first-order valence-corrected chi connectivity index (χ1v) is 5.02. The molecule has 1 aromatic rings. The maximum absolute atomic E-state index is 11.5. The van der Waals surface area contributed by atoms with Crippen LogP contribution in [0.3, 0.4) is 0 Å². The van der Waals surface area contributed by atoms with E-state index in [0.29, 0.717) is 21.5 Å². The van der Waals surface area contributed by atoms with Crippen LogP contribution < -0.4 is 5.32 Å². The van der Waals surface area contributed by atoms with E-state index in [0.717, 1.165) is 4.76 Å². The van der Waals surface area contributed by atoms with Gasteiger partial charge in [0.2, 0.25) is 6.67 Å². The van der Waals surface area contributed by atoms with Crippen LogP contribution in [-0.2, 0) is 0 Å². The van der Waals surface area contributed by atoms with Gasteiger partial charge in [0.25, 0.3) is 0 Å². The summed E-state index contributed by atoms with van der Waals surface area (Å²) in [5.41, 5.74) is 0.707. The molecule has 15 heavy (non-hydrogen) atoms. The second kappa shape index (κ2) is 4.04. The van der Waals surface area contributed by atoms with Crippen LogP contribution in [0.15, 0.2) is 29.3 Å². The third kappa shape index (κ3) is 2.19. The van der Waals surface area contributed by atoms with Crippen LogP contribution in [0.4, 0.5) is 0 Å². The molecule has 76 valence electrons. The normalized spacial score (nSPS) is 15.9. The van der Waals surface area contributed by atoms with Gasteiger partial charge in [-0.2, -0.15) is 0 Å². The number of aliphatic imine (C=N–C) groups is 1. The molecule has 0 fully saturated rings. The van der Waals surface area contributed by atoms with Crippen molar-refractivity contribution in [3.8, 4) is 0 Å². The smallest absolute Gasteiger partial charge is 0.300 e. The predicted octanol–water partition coefficient (Wildman–Crippen LogP) is 1.71. The highest BCUT2D eigenvalue weighted by molar-refractivity contribution is 7.80. The van der Waals surface area contributed by atoms with Gasteiger partial charge in [0.15, 0.2) is 0 Å². The number of nitrogens with zero attached hydrogens (tertiary/aromatic N) is 2. The molecular formula is C9H7ClN3OS+. The summed E-state index contributed by atoms with van der Waals surface area (Å²) in [7, 11) is 0. The van der Waals surface area contributed by atoms with Gasteiger partial charge in [0.1, 0.15) is 0 Å². The Morgan fingerprint density at radius 2 is 2.07 bits per heavy atom. The van der Waals surface area contributed by atoms with E-state index >= 15 is 0 Å². The summed E-state index contributed by atoms with van der Waals surface area (Å²) in [6.07, 6.45) is 0. The molecule has 1 aliphatic rings. The average molecular weight is 241 g/mol. The van der Waals surface area contributed by atoms with Gasteiger partial charge >= 0.3 is 10.9 Å². The molecule has 0 amide bonds.